The van der Waals surface area contributed by atoms with Crippen molar-refractivity contribution in [2.24, 2.45) is 0 Å². The Labute approximate surface area is 305 Å². The number of aromatic hydroxyl groups is 1. The minimum absolute atomic E-state index is 0.0823. The van der Waals surface area contributed by atoms with E-state index < -0.39 is 11.9 Å². The van der Waals surface area contributed by atoms with Crippen molar-refractivity contribution in [1.29, 1.82) is 0 Å². The number of hydrogen-bond acceptors (Lipinski definition) is 12. The Balaban J connectivity index is 0.828. The SMILES string of the molecule is Nc1nnc(-c2ccccc2O)cc1OCCc1ccc(C(=O)NCCOCCOCCNc2cccc3c2CN(C2CCC(=O)NC2=O)C3=O)cc1. The van der Waals surface area contributed by atoms with Crippen LogP contribution in [-0.2, 0) is 32.0 Å². The van der Waals surface area contributed by atoms with E-state index in [1.807, 2.05) is 18.2 Å². The monoisotopic (exact) mass is 723 g/mol. The minimum atomic E-state index is -0.659. The molecule has 3 aromatic carbocycles. The van der Waals surface area contributed by atoms with Gasteiger partial charge in [0.25, 0.3) is 11.8 Å². The number of nitrogen functional groups attached to an aromatic ring is 1. The molecule has 2 aliphatic heterocycles. The highest BCUT2D eigenvalue weighted by Crippen LogP contribution is 2.33. The number of ether oxygens (including phenoxy) is 3. The second kappa shape index (κ2) is 17.4. The van der Waals surface area contributed by atoms with Gasteiger partial charge in [0.15, 0.2) is 11.6 Å². The second-order valence-electron chi connectivity index (χ2n) is 12.4. The van der Waals surface area contributed by atoms with Crippen molar-refractivity contribution in [1.82, 2.24) is 25.7 Å². The van der Waals surface area contributed by atoms with Crippen LogP contribution in [0.4, 0.5) is 11.5 Å². The quantitative estimate of drug-likeness (QED) is 0.0788. The fourth-order valence-electron chi connectivity index (χ4n) is 6.09. The molecule has 15 nitrogen and oxygen atoms in total. The predicted molar refractivity (Wildman–Crippen MR) is 194 cm³/mol. The third-order valence-corrected chi connectivity index (χ3v) is 8.88. The fourth-order valence-corrected chi connectivity index (χ4v) is 6.09. The van der Waals surface area contributed by atoms with E-state index in [2.05, 4.69) is 26.1 Å². The molecule has 53 heavy (non-hydrogen) atoms. The Morgan fingerprint density at radius 2 is 1.66 bits per heavy atom. The number of para-hydroxylation sites is 1. The molecular weight excluding hydrogens is 682 g/mol. The van der Waals surface area contributed by atoms with E-state index in [4.69, 9.17) is 19.9 Å². The second-order valence-corrected chi connectivity index (χ2v) is 12.4. The molecule has 0 aliphatic carbocycles. The highest BCUT2D eigenvalue weighted by molar-refractivity contribution is 6.06. The van der Waals surface area contributed by atoms with Gasteiger partial charge in [-0.3, -0.25) is 24.5 Å². The molecule has 4 amide bonds. The number of phenolic OH excluding ortho intramolecular Hbond substituents is 1. The normalized spacial score (nSPS) is 15.2. The van der Waals surface area contributed by atoms with Crippen LogP contribution in [0.5, 0.6) is 11.5 Å². The first-order valence-corrected chi connectivity index (χ1v) is 17.4. The van der Waals surface area contributed by atoms with Crippen LogP contribution in [0, 0.1) is 0 Å². The van der Waals surface area contributed by atoms with Crippen molar-refractivity contribution in [3.8, 4) is 22.8 Å². The molecule has 1 unspecified atom stereocenters. The number of piperidine rings is 1. The Morgan fingerprint density at radius 1 is 0.906 bits per heavy atom. The van der Waals surface area contributed by atoms with Crippen molar-refractivity contribution in [2.75, 3.05) is 57.2 Å². The molecule has 6 N–H and O–H groups in total. The first-order chi connectivity index (χ1) is 25.8. The summed E-state index contributed by atoms with van der Waals surface area (Å²) in [5.74, 6) is -0.575. The van der Waals surface area contributed by atoms with Crippen molar-refractivity contribution in [2.45, 2.75) is 31.8 Å². The van der Waals surface area contributed by atoms with Gasteiger partial charge in [-0.1, -0.05) is 30.3 Å². The van der Waals surface area contributed by atoms with E-state index >= 15 is 0 Å². The number of nitrogens with zero attached hydrogens (tertiary/aromatic N) is 3. The van der Waals surface area contributed by atoms with E-state index in [0.717, 1.165) is 16.8 Å². The van der Waals surface area contributed by atoms with Crippen molar-refractivity contribution in [3.05, 3.63) is 95.1 Å². The number of benzene rings is 3. The van der Waals surface area contributed by atoms with Gasteiger partial charge in [-0.15, -0.1) is 10.2 Å². The Bertz CT molecular complexity index is 1960. The van der Waals surface area contributed by atoms with E-state index in [0.29, 0.717) is 93.6 Å². The highest BCUT2D eigenvalue weighted by Gasteiger charge is 2.39. The fraction of sp³-hybridized carbons (Fsp3) is 0.316. The van der Waals surface area contributed by atoms with Crippen molar-refractivity contribution in [3.63, 3.8) is 0 Å². The number of carbonyl (C=O) groups is 4. The number of anilines is 2. The molecule has 0 spiro atoms. The average molecular weight is 724 g/mol. The smallest absolute Gasteiger partial charge is 0.255 e. The number of nitrogens with two attached hydrogens (primary N) is 1. The maximum absolute atomic E-state index is 13.0. The number of aromatic nitrogens is 2. The maximum Gasteiger partial charge on any atom is 0.255 e. The van der Waals surface area contributed by atoms with Crippen LogP contribution in [0.25, 0.3) is 11.3 Å². The summed E-state index contributed by atoms with van der Waals surface area (Å²) in [5, 5.41) is 26.6. The molecule has 15 heteroatoms. The molecule has 276 valence electrons. The number of phenols is 1. The van der Waals surface area contributed by atoms with Crippen LogP contribution in [0.3, 0.4) is 0 Å². The highest BCUT2D eigenvalue weighted by atomic mass is 16.5. The topological polar surface area (TPSA) is 207 Å². The van der Waals surface area contributed by atoms with Crippen molar-refractivity contribution >= 4 is 35.1 Å². The molecule has 1 saturated heterocycles. The third kappa shape index (κ3) is 9.25. The number of fused-ring (bicyclic) bond motifs is 1. The van der Waals surface area contributed by atoms with Crippen molar-refractivity contribution < 1.29 is 38.5 Å². The first-order valence-electron chi connectivity index (χ1n) is 17.4. The summed E-state index contributed by atoms with van der Waals surface area (Å²) in [5.41, 5.74) is 10.6. The third-order valence-electron chi connectivity index (χ3n) is 8.88. The predicted octanol–water partition coefficient (Wildman–Crippen LogP) is 2.69. The molecule has 0 bridgehead atoms. The largest absolute Gasteiger partial charge is 0.507 e. The summed E-state index contributed by atoms with van der Waals surface area (Å²) >= 11 is 0. The molecule has 6 rings (SSSR count). The Hall–Kier alpha value is -6.06. The molecule has 4 aromatic rings. The van der Waals surface area contributed by atoms with Gasteiger partial charge in [0, 0.05) is 66.5 Å². The lowest BCUT2D eigenvalue weighted by molar-refractivity contribution is -0.136. The van der Waals surface area contributed by atoms with Crippen LogP contribution < -0.4 is 26.4 Å². The Kier molecular flexibility index (Phi) is 12.1. The lowest BCUT2D eigenvalue weighted by atomic mass is 10.0. The number of rotatable bonds is 17. The molecule has 0 saturated carbocycles. The summed E-state index contributed by atoms with van der Waals surface area (Å²) in [7, 11) is 0. The van der Waals surface area contributed by atoms with Gasteiger partial charge in [-0.2, -0.15) is 0 Å². The molecular formula is C38H41N7O8. The zero-order valence-electron chi connectivity index (χ0n) is 29.0. The van der Waals surface area contributed by atoms with Gasteiger partial charge in [0.2, 0.25) is 11.8 Å². The zero-order valence-corrected chi connectivity index (χ0v) is 29.0. The minimum Gasteiger partial charge on any atom is -0.507 e. The van der Waals surface area contributed by atoms with Gasteiger partial charge in [0.05, 0.1) is 33.0 Å². The summed E-state index contributed by atoms with van der Waals surface area (Å²) in [6, 6.07) is 20.5. The molecule has 3 heterocycles. The van der Waals surface area contributed by atoms with Gasteiger partial charge in [0.1, 0.15) is 17.5 Å². The first kappa shape index (κ1) is 36.7. The Morgan fingerprint density at radius 3 is 2.43 bits per heavy atom. The lowest BCUT2D eigenvalue weighted by Crippen LogP contribution is -2.52. The summed E-state index contributed by atoms with van der Waals surface area (Å²) in [4.78, 5) is 51.0. The number of carbonyl (C=O) groups excluding carboxylic acids is 4. The zero-order chi connectivity index (χ0) is 37.2. The van der Waals surface area contributed by atoms with Gasteiger partial charge >= 0.3 is 0 Å². The molecule has 1 atom stereocenters. The van der Waals surface area contributed by atoms with Gasteiger partial charge < -0.3 is 40.6 Å². The van der Waals surface area contributed by atoms with E-state index in [9.17, 15) is 24.3 Å². The van der Waals surface area contributed by atoms with E-state index in [-0.39, 0.29) is 35.7 Å². The van der Waals surface area contributed by atoms with Crippen LogP contribution >= 0.6 is 0 Å². The molecule has 1 aromatic heterocycles. The number of amides is 4. The van der Waals surface area contributed by atoms with E-state index in [1.54, 1.807) is 54.6 Å². The average Bonchev–Trinajstić information content (AvgIpc) is 3.49. The standard InChI is InChI=1S/C38H41N7O8/c39-35-33(22-30(43-44-35)27-4-1-2-7-32(27)46)53-17-14-24-8-10-25(11-9-24)36(48)41-16-19-52-21-20-51-18-15-40-29-6-3-5-26-28(29)23-45(38(26)50)31-12-13-34(47)42-37(31)49/h1-11,22,31,40,46H,12-21,23H2,(H2,39,44)(H,41,48)(H,42,47,49). The van der Waals surface area contributed by atoms with Crippen LogP contribution in [0.1, 0.15) is 44.7 Å². The van der Waals surface area contributed by atoms with Crippen LogP contribution in [-0.4, -0.2) is 96.0 Å². The maximum atomic E-state index is 13.0. The van der Waals surface area contributed by atoms with Gasteiger partial charge in [-0.25, -0.2) is 0 Å². The summed E-state index contributed by atoms with van der Waals surface area (Å²) in [6.45, 7) is 2.93. The lowest BCUT2D eigenvalue weighted by Gasteiger charge is -2.29. The molecule has 0 radical (unpaired) electrons. The summed E-state index contributed by atoms with van der Waals surface area (Å²) < 4.78 is 17.1. The van der Waals surface area contributed by atoms with Gasteiger partial charge in [-0.05, 0) is 48.4 Å². The number of hydrogen-bond donors (Lipinski definition) is 5. The molecule has 2 aliphatic rings. The summed E-state index contributed by atoms with van der Waals surface area (Å²) in [6.07, 6.45) is 1.10. The number of nitrogens with one attached hydrogen (secondary N) is 3. The van der Waals surface area contributed by atoms with E-state index in [1.165, 1.54) is 4.90 Å². The van der Waals surface area contributed by atoms with Crippen LogP contribution in [0.15, 0.2) is 72.8 Å². The van der Waals surface area contributed by atoms with Crippen LogP contribution in [0.2, 0.25) is 0 Å². The molecule has 1 fully saturated rings. The number of imide groups is 1.